The lowest BCUT2D eigenvalue weighted by molar-refractivity contribution is -0.120. The molecule has 0 unspecified atom stereocenters. The first-order valence-electron chi connectivity index (χ1n) is 6.83. The summed E-state index contributed by atoms with van der Waals surface area (Å²) in [6.45, 7) is 0. The van der Waals surface area contributed by atoms with Gasteiger partial charge >= 0.3 is 0 Å². The van der Waals surface area contributed by atoms with Gasteiger partial charge in [-0.1, -0.05) is 54.1 Å². The van der Waals surface area contributed by atoms with Crippen molar-refractivity contribution in [1.29, 1.82) is 0 Å². The van der Waals surface area contributed by atoms with Gasteiger partial charge in [0, 0.05) is 11.2 Å². The van der Waals surface area contributed by atoms with Crippen molar-refractivity contribution in [3.05, 3.63) is 70.7 Å². The zero-order valence-corrected chi connectivity index (χ0v) is 12.4. The second-order valence-electron chi connectivity index (χ2n) is 4.67. The first-order chi connectivity index (χ1) is 10.2. The second kappa shape index (κ2) is 8.22. The van der Waals surface area contributed by atoms with Crippen LogP contribution in [0, 0.1) is 0 Å². The van der Waals surface area contributed by atoms with Crippen LogP contribution < -0.4 is 5.43 Å². The first-order valence-corrected chi connectivity index (χ1v) is 7.20. The van der Waals surface area contributed by atoms with Gasteiger partial charge < -0.3 is 0 Å². The Hall–Kier alpha value is -2.13. The summed E-state index contributed by atoms with van der Waals surface area (Å²) in [7, 11) is 0. The van der Waals surface area contributed by atoms with Crippen molar-refractivity contribution < 1.29 is 4.79 Å². The lowest BCUT2D eigenvalue weighted by atomic mass is 10.1. The van der Waals surface area contributed by atoms with Crippen molar-refractivity contribution in [2.24, 2.45) is 5.10 Å². The highest BCUT2D eigenvalue weighted by molar-refractivity contribution is 6.30. The predicted molar refractivity (Wildman–Crippen MR) is 86.6 cm³/mol. The van der Waals surface area contributed by atoms with Gasteiger partial charge in [-0.05, 0) is 36.1 Å². The molecule has 0 fully saturated rings. The number of nitrogens with one attached hydrogen (secondary N) is 1. The monoisotopic (exact) mass is 300 g/mol. The third-order valence-corrected chi connectivity index (χ3v) is 3.22. The van der Waals surface area contributed by atoms with E-state index in [1.54, 1.807) is 18.3 Å². The van der Waals surface area contributed by atoms with Gasteiger partial charge in [-0.15, -0.1) is 0 Å². The van der Waals surface area contributed by atoms with Crippen molar-refractivity contribution in [1.82, 2.24) is 5.43 Å². The minimum atomic E-state index is -0.131. The minimum absolute atomic E-state index is 0.131. The Balaban J connectivity index is 1.69. The Bertz CT molecular complexity index is 594. The number of amides is 1. The highest BCUT2D eigenvalue weighted by Gasteiger charge is 2.01. The van der Waals surface area contributed by atoms with E-state index in [2.05, 4.69) is 22.7 Å². The fourth-order valence-corrected chi connectivity index (χ4v) is 2.01. The highest BCUT2D eigenvalue weighted by atomic mass is 35.5. The van der Waals surface area contributed by atoms with Crippen LogP contribution in [0.1, 0.15) is 17.5 Å². The molecular weight excluding hydrogens is 284 g/mol. The van der Waals surface area contributed by atoms with Gasteiger partial charge in [0.05, 0.1) is 6.42 Å². The number of benzene rings is 2. The smallest absolute Gasteiger partial charge is 0.244 e. The zero-order valence-electron chi connectivity index (χ0n) is 11.6. The minimum Gasteiger partial charge on any atom is -0.273 e. The number of aryl methyl sites for hydroxylation is 1. The summed E-state index contributed by atoms with van der Waals surface area (Å²) in [4.78, 5) is 11.7. The molecule has 0 heterocycles. The molecule has 0 saturated heterocycles. The molecule has 2 rings (SSSR count). The van der Waals surface area contributed by atoms with Crippen LogP contribution in [0.2, 0.25) is 5.02 Å². The standard InChI is InChI=1S/C17H17ClN2O/c18-16-10-8-15(9-11-16)13-17(21)20-19-12-4-7-14-5-2-1-3-6-14/h1-3,5-6,8-12H,4,7,13H2,(H,20,21)/b19-12+. The topological polar surface area (TPSA) is 41.5 Å². The predicted octanol–water partition coefficient (Wildman–Crippen LogP) is 3.62. The Kier molecular flexibility index (Phi) is 5.98. The molecule has 0 radical (unpaired) electrons. The summed E-state index contributed by atoms with van der Waals surface area (Å²) in [5, 5.41) is 4.61. The molecular formula is C17H17ClN2O. The SMILES string of the molecule is O=C(Cc1ccc(Cl)cc1)N/N=C/CCc1ccccc1. The van der Waals surface area contributed by atoms with Gasteiger partial charge in [0.25, 0.3) is 0 Å². The molecule has 0 aromatic heterocycles. The number of nitrogens with zero attached hydrogens (tertiary/aromatic N) is 1. The molecule has 108 valence electrons. The van der Waals surface area contributed by atoms with E-state index in [9.17, 15) is 4.79 Å². The third kappa shape index (κ3) is 5.79. The lowest BCUT2D eigenvalue weighted by Gasteiger charge is -2.01. The van der Waals surface area contributed by atoms with Crippen molar-refractivity contribution in [3.8, 4) is 0 Å². The van der Waals surface area contributed by atoms with E-state index in [0.29, 0.717) is 11.4 Å². The third-order valence-electron chi connectivity index (χ3n) is 2.96. The van der Waals surface area contributed by atoms with Crippen LogP contribution in [0.25, 0.3) is 0 Å². The molecule has 2 aromatic carbocycles. The van der Waals surface area contributed by atoms with E-state index >= 15 is 0 Å². The van der Waals surface area contributed by atoms with Gasteiger partial charge in [0.15, 0.2) is 0 Å². The number of carbonyl (C=O) groups is 1. The molecule has 0 bridgehead atoms. The Labute approximate surface area is 129 Å². The Morgan fingerprint density at radius 3 is 2.48 bits per heavy atom. The molecule has 0 saturated carbocycles. The van der Waals surface area contributed by atoms with Crippen molar-refractivity contribution in [2.45, 2.75) is 19.3 Å². The van der Waals surface area contributed by atoms with Crippen molar-refractivity contribution in [2.75, 3.05) is 0 Å². The van der Waals surface area contributed by atoms with Gasteiger partial charge in [-0.3, -0.25) is 4.79 Å². The van der Waals surface area contributed by atoms with Crippen LogP contribution in [0.3, 0.4) is 0 Å². The van der Waals surface area contributed by atoms with Crippen LogP contribution in [0.15, 0.2) is 59.7 Å². The highest BCUT2D eigenvalue weighted by Crippen LogP contribution is 2.09. The zero-order chi connectivity index (χ0) is 14.9. The van der Waals surface area contributed by atoms with E-state index in [1.807, 2.05) is 30.3 Å². The van der Waals surface area contributed by atoms with E-state index in [1.165, 1.54) is 5.56 Å². The molecule has 3 nitrogen and oxygen atoms in total. The maximum Gasteiger partial charge on any atom is 0.244 e. The van der Waals surface area contributed by atoms with Crippen LogP contribution in [-0.4, -0.2) is 12.1 Å². The van der Waals surface area contributed by atoms with E-state index in [4.69, 9.17) is 11.6 Å². The first kappa shape index (κ1) is 15.3. The molecule has 21 heavy (non-hydrogen) atoms. The molecule has 2 aromatic rings. The number of hydrazone groups is 1. The number of hydrogen-bond acceptors (Lipinski definition) is 2. The number of rotatable bonds is 6. The Morgan fingerprint density at radius 2 is 1.76 bits per heavy atom. The largest absolute Gasteiger partial charge is 0.273 e. The van der Waals surface area contributed by atoms with Gasteiger partial charge in [0.1, 0.15) is 0 Å². The molecule has 0 atom stereocenters. The molecule has 1 amide bonds. The summed E-state index contributed by atoms with van der Waals surface area (Å²) in [6, 6.07) is 17.4. The summed E-state index contributed by atoms with van der Waals surface area (Å²) in [6.07, 6.45) is 3.74. The molecule has 0 aliphatic carbocycles. The average molecular weight is 301 g/mol. The lowest BCUT2D eigenvalue weighted by Crippen LogP contribution is -2.19. The van der Waals surface area contributed by atoms with Gasteiger partial charge in [-0.25, -0.2) is 5.43 Å². The quantitative estimate of drug-likeness (QED) is 0.642. The summed E-state index contributed by atoms with van der Waals surface area (Å²) < 4.78 is 0. The Morgan fingerprint density at radius 1 is 1.05 bits per heavy atom. The summed E-state index contributed by atoms with van der Waals surface area (Å²) >= 11 is 5.79. The maximum absolute atomic E-state index is 11.7. The second-order valence-corrected chi connectivity index (χ2v) is 5.11. The number of halogens is 1. The van der Waals surface area contributed by atoms with Crippen LogP contribution in [0.4, 0.5) is 0 Å². The van der Waals surface area contributed by atoms with Gasteiger partial charge in [0.2, 0.25) is 5.91 Å². The van der Waals surface area contributed by atoms with Gasteiger partial charge in [-0.2, -0.15) is 5.10 Å². The van der Waals surface area contributed by atoms with Crippen molar-refractivity contribution in [3.63, 3.8) is 0 Å². The van der Waals surface area contributed by atoms with Crippen LogP contribution >= 0.6 is 11.6 Å². The fourth-order valence-electron chi connectivity index (χ4n) is 1.89. The van der Waals surface area contributed by atoms with Crippen molar-refractivity contribution >= 4 is 23.7 Å². The van der Waals surface area contributed by atoms with Crippen LogP contribution in [-0.2, 0) is 17.6 Å². The van der Waals surface area contributed by atoms with E-state index in [0.717, 1.165) is 18.4 Å². The van der Waals surface area contributed by atoms with E-state index in [-0.39, 0.29) is 5.91 Å². The normalized spacial score (nSPS) is 10.7. The number of carbonyl (C=O) groups excluding carboxylic acids is 1. The summed E-state index contributed by atoms with van der Waals surface area (Å²) in [5.41, 5.74) is 4.70. The summed E-state index contributed by atoms with van der Waals surface area (Å²) in [5.74, 6) is -0.131. The molecule has 4 heteroatoms. The van der Waals surface area contributed by atoms with E-state index < -0.39 is 0 Å². The molecule has 0 aliphatic rings. The molecule has 1 N–H and O–H groups in total. The number of hydrogen-bond donors (Lipinski definition) is 1. The fraction of sp³-hybridized carbons (Fsp3) is 0.176. The molecule has 0 spiro atoms. The maximum atomic E-state index is 11.7. The molecule has 0 aliphatic heterocycles. The average Bonchev–Trinajstić information content (AvgIpc) is 2.50. The van der Waals surface area contributed by atoms with Crippen LogP contribution in [0.5, 0.6) is 0 Å².